The Kier molecular flexibility index (Phi) is 4.98. The van der Waals surface area contributed by atoms with Crippen LogP contribution in [0, 0.1) is 0 Å². The third kappa shape index (κ3) is 3.43. The monoisotopic (exact) mass is 375 g/mol. The summed E-state index contributed by atoms with van der Waals surface area (Å²) in [7, 11) is 0. The SMILES string of the molecule is CSc1ccc(CNc2nc([Se]C)nc3ccccc23)cc1. The van der Waals surface area contributed by atoms with E-state index >= 15 is 0 Å². The van der Waals surface area contributed by atoms with Gasteiger partial charge in [-0.1, -0.05) is 0 Å². The van der Waals surface area contributed by atoms with E-state index in [1.54, 1.807) is 11.8 Å². The van der Waals surface area contributed by atoms with Crippen molar-refractivity contribution in [2.24, 2.45) is 0 Å². The minimum atomic E-state index is 0.292. The predicted molar refractivity (Wildman–Crippen MR) is 96.3 cm³/mol. The van der Waals surface area contributed by atoms with Gasteiger partial charge in [0.15, 0.2) is 0 Å². The van der Waals surface area contributed by atoms with Crippen LogP contribution in [-0.2, 0) is 6.54 Å². The molecule has 0 bridgehead atoms. The number of fused-ring (bicyclic) bond motifs is 1. The molecule has 0 spiro atoms. The zero-order valence-electron chi connectivity index (χ0n) is 12.5. The van der Waals surface area contributed by atoms with Crippen molar-refractivity contribution in [2.45, 2.75) is 17.3 Å². The molecule has 3 nitrogen and oxygen atoms in total. The number of para-hydroxylation sites is 1. The van der Waals surface area contributed by atoms with Crippen LogP contribution in [0.3, 0.4) is 0 Å². The summed E-state index contributed by atoms with van der Waals surface area (Å²) in [5.41, 5.74) is 2.26. The van der Waals surface area contributed by atoms with E-state index in [2.05, 4.69) is 57.7 Å². The first-order valence-electron chi connectivity index (χ1n) is 6.97. The van der Waals surface area contributed by atoms with Crippen LogP contribution in [0.15, 0.2) is 53.4 Å². The zero-order chi connectivity index (χ0) is 15.4. The number of hydrogen-bond donors (Lipinski definition) is 1. The second-order valence-corrected chi connectivity index (χ2v) is 7.28. The normalized spacial score (nSPS) is 10.8. The zero-order valence-corrected chi connectivity index (χ0v) is 15.1. The van der Waals surface area contributed by atoms with Crippen molar-refractivity contribution in [1.82, 2.24) is 9.97 Å². The average molecular weight is 374 g/mol. The molecule has 0 amide bonds. The van der Waals surface area contributed by atoms with E-state index in [9.17, 15) is 0 Å². The van der Waals surface area contributed by atoms with Gasteiger partial charge in [0.2, 0.25) is 0 Å². The molecular formula is C17H17N3SSe. The molecule has 0 aliphatic heterocycles. The van der Waals surface area contributed by atoms with Crippen molar-refractivity contribution in [3.8, 4) is 0 Å². The minimum absolute atomic E-state index is 0.292. The number of nitrogens with zero attached hydrogens (tertiary/aromatic N) is 2. The van der Waals surface area contributed by atoms with Crippen LogP contribution in [0.5, 0.6) is 0 Å². The van der Waals surface area contributed by atoms with Gasteiger partial charge in [0.25, 0.3) is 0 Å². The van der Waals surface area contributed by atoms with Crippen molar-refractivity contribution in [3.63, 3.8) is 0 Å². The van der Waals surface area contributed by atoms with Gasteiger partial charge in [0.05, 0.1) is 0 Å². The van der Waals surface area contributed by atoms with Gasteiger partial charge in [0, 0.05) is 0 Å². The second-order valence-electron chi connectivity index (χ2n) is 4.78. The van der Waals surface area contributed by atoms with E-state index < -0.39 is 0 Å². The van der Waals surface area contributed by atoms with E-state index in [-0.39, 0.29) is 0 Å². The van der Waals surface area contributed by atoms with E-state index in [1.807, 2.05) is 18.2 Å². The van der Waals surface area contributed by atoms with Gasteiger partial charge >= 0.3 is 141 Å². The van der Waals surface area contributed by atoms with Crippen molar-refractivity contribution in [3.05, 3.63) is 54.1 Å². The van der Waals surface area contributed by atoms with Crippen molar-refractivity contribution < 1.29 is 0 Å². The molecule has 3 rings (SSSR count). The second kappa shape index (κ2) is 7.14. The Labute approximate surface area is 141 Å². The summed E-state index contributed by atoms with van der Waals surface area (Å²) in [6.07, 6.45) is 2.09. The molecule has 0 saturated carbocycles. The third-order valence-electron chi connectivity index (χ3n) is 3.38. The molecule has 0 aliphatic rings. The summed E-state index contributed by atoms with van der Waals surface area (Å²) in [5.74, 6) is 3.07. The summed E-state index contributed by atoms with van der Waals surface area (Å²) in [5, 5.41) is 4.55. The summed E-state index contributed by atoms with van der Waals surface area (Å²) < 4.78 is 0.937. The molecule has 22 heavy (non-hydrogen) atoms. The molecule has 0 atom stereocenters. The third-order valence-corrected chi connectivity index (χ3v) is 5.28. The maximum absolute atomic E-state index is 4.67. The number of anilines is 1. The molecule has 0 unspecified atom stereocenters. The molecular weight excluding hydrogens is 357 g/mol. The average Bonchev–Trinajstić information content (AvgIpc) is 2.59. The van der Waals surface area contributed by atoms with Crippen LogP contribution in [0.4, 0.5) is 5.82 Å². The molecule has 0 saturated heterocycles. The molecule has 1 N–H and O–H groups in total. The topological polar surface area (TPSA) is 37.8 Å². The van der Waals surface area contributed by atoms with Crippen molar-refractivity contribution in [2.75, 3.05) is 11.6 Å². The first-order valence-corrected chi connectivity index (χ1v) is 10.8. The molecule has 0 fully saturated rings. The van der Waals surface area contributed by atoms with Gasteiger partial charge in [0.1, 0.15) is 0 Å². The van der Waals surface area contributed by atoms with E-state index in [0.717, 1.165) is 28.0 Å². The molecule has 3 aromatic rings. The first kappa shape index (κ1) is 15.3. The van der Waals surface area contributed by atoms with Gasteiger partial charge in [-0.3, -0.25) is 0 Å². The number of rotatable bonds is 5. The Balaban J connectivity index is 1.86. The standard InChI is InChI=1S/C17H17N3SSe/c1-21-13-9-7-12(8-10-13)11-18-16-14-5-3-4-6-15(14)19-17(20-16)22-2/h3-10H,11H2,1-2H3,(H,18,19,20). The molecule has 5 heteroatoms. The number of thioether (sulfide) groups is 1. The molecule has 2 aromatic carbocycles. The van der Waals surface area contributed by atoms with Gasteiger partial charge < -0.3 is 0 Å². The fourth-order valence-electron chi connectivity index (χ4n) is 2.21. The fraction of sp³-hybridized carbons (Fsp3) is 0.176. The molecule has 0 radical (unpaired) electrons. The fourth-order valence-corrected chi connectivity index (χ4v) is 3.40. The Morgan fingerprint density at radius 3 is 2.55 bits per heavy atom. The van der Waals surface area contributed by atoms with Crippen molar-refractivity contribution in [1.29, 1.82) is 0 Å². The van der Waals surface area contributed by atoms with Gasteiger partial charge in [-0.25, -0.2) is 0 Å². The van der Waals surface area contributed by atoms with E-state index in [0.29, 0.717) is 15.0 Å². The summed E-state index contributed by atoms with van der Waals surface area (Å²) >= 11 is 2.05. The van der Waals surface area contributed by atoms with Crippen molar-refractivity contribution >= 4 is 48.2 Å². The number of aromatic nitrogens is 2. The Morgan fingerprint density at radius 1 is 1.05 bits per heavy atom. The van der Waals surface area contributed by atoms with E-state index in [1.165, 1.54) is 10.5 Å². The summed E-state index contributed by atoms with van der Waals surface area (Å²) in [4.78, 5) is 10.6. The summed E-state index contributed by atoms with van der Waals surface area (Å²) in [6, 6.07) is 16.8. The molecule has 1 aromatic heterocycles. The maximum atomic E-state index is 4.67. The van der Waals surface area contributed by atoms with Crippen LogP contribution in [0.2, 0.25) is 5.82 Å². The van der Waals surface area contributed by atoms with Crippen LogP contribution < -0.4 is 10.0 Å². The van der Waals surface area contributed by atoms with Crippen LogP contribution >= 0.6 is 11.8 Å². The molecule has 112 valence electrons. The van der Waals surface area contributed by atoms with Gasteiger partial charge in [-0.15, -0.1) is 0 Å². The molecule has 1 heterocycles. The summed E-state index contributed by atoms with van der Waals surface area (Å²) in [6.45, 7) is 0.770. The van der Waals surface area contributed by atoms with E-state index in [4.69, 9.17) is 0 Å². The Morgan fingerprint density at radius 2 is 1.82 bits per heavy atom. The number of benzene rings is 2. The van der Waals surface area contributed by atoms with Gasteiger partial charge in [-0.2, -0.15) is 0 Å². The first-order chi connectivity index (χ1) is 10.8. The van der Waals surface area contributed by atoms with Crippen LogP contribution in [0.1, 0.15) is 5.56 Å². The molecule has 0 aliphatic carbocycles. The quantitative estimate of drug-likeness (QED) is 0.549. The van der Waals surface area contributed by atoms with Crippen LogP contribution in [0.25, 0.3) is 10.9 Å². The number of hydrogen-bond acceptors (Lipinski definition) is 4. The number of nitrogens with one attached hydrogen (secondary N) is 1. The predicted octanol–water partition coefficient (Wildman–Crippen LogP) is 3.34. The Hall–Kier alpha value is -1.55. The van der Waals surface area contributed by atoms with Gasteiger partial charge in [-0.05, 0) is 0 Å². The van der Waals surface area contributed by atoms with Crippen LogP contribution in [-0.4, -0.2) is 31.2 Å². The Bertz CT molecular complexity index is 774.